The predicted molar refractivity (Wildman–Crippen MR) is 96.2 cm³/mol. The van der Waals surface area contributed by atoms with Crippen LogP contribution in [0.1, 0.15) is 17.7 Å². The molecule has 0 spiro atoms. The number of piperidine rings is 1. The zero-order valence-electron chi connectivity index (χ0n) is 13.4. The third kappa shape index (κ3) is 4.58. The summed E-state index contributed by atoms with van der Waals surface area (Å²) in [7, 11) is 0. The lowest BCUT2D eigenvalue weighted by atomic mass is 10.1. The average molecular weight is 343 g/mol. The van der Waals surface area contributed by atoms with Crippen LogP contribution in [0.4, 0.5) is 10.5 Å². The van der Waals surface area contributed by atoms with Crippen LogP contribution in [0.5, 0.6) is 0 Å². The first-order chi connectivity index (χ1) is 11.7. The number of para-hydroxylation sites is 1. The normalized spacial score (nSPS) is 15.1. The van der Waals surface area contributed by atoms with Gasteiger partial charge in [-0.05, 0) is 36.4 Å². The lowest BCUT2D eigenvalue weighted by molar-refractivity contribution is -0.121. The lowest BCUT2D eigenvalue weighted by Crippen LogP contribution is -2.48. The summed E-state index contributed by atoms with van der Waals surface area (Å²) in [6.45, 7) is 1.31. The molecule has 2 aromatic rings. The number of carbonyl (C=O) groups excluding carboxylic acids is 2. The highest BCUT2D eigenvalue weighted by atomic mass is 32.1. The van der Waals surface area contributed by atoms with E-state index >= 15 is 0 Å². The Labute approximate surface area is 145 Å². The van der Waals surface area contributed by atoms with Gasteiger partial charge in [-0.25, -0.2) is 4.79 Å². The quantitative estimate of drug-likeness (QED) is 0.896. The van der Waals surface area contributed by atoms with E-state index in [0.717, 1.165) is 23.4 Å². The van der Waals surface area contributed by atoms with Crippen LogP contribution in [-0.2, 0) is 11.2 Å². The maximum Gasteiger partial charge on any atom is 0.321 e. The van der Waals surface area contributed by atoms with Crippen LogP contribution in [0.3, 0.4) is 0 Å². The van der Waals surface area contributed by atoms with Crippen LogP contribution < -0.4 is 10.6 Å². The van der Waals surface area contributed by atoms with Gasteiger partial charge in [-0.2, -0.15) is 0 Å². The van der Waals surface area contributed by atoms with Crippen molar-refractivity contribution >= 4 is 29.0 Å². The Balaban J connectivity index is 1.42. The molecule has 2 heterocycles. The van der Waals surface area contributed by atoms with Gasteiger partial charge in [0.15, 0.2) is 0 Å². The molecule has 5 nitrogen and oxygen atoms in total. The molecule has 6 heteroatoms. The fourth-order valence-corrected chi connectivity index (χ4v) is 3.50. The Hall–Kier alpha value is -2.34. The SMILES string of the molecule is O=C(Cc1cccs1)NC1CCN(C(=O)Nc2ccccc2)CC1. The van der Waals surface area contributed by atoms with Crippen LogP contribution in [0, 0.1) is 0 Å². The van der Waals surface area contributed by atoms with E-state index < -0.39 is 0 Å². The molecule has 0 unspecified atom stereocenters. The van der Waals surface area contributed by atoms with Crippen molar-refractivity contribution in [1.82, 2.24) is 10.2 Å². The highest BCUT2D eigenvalue weighted by molar-refractivity contribution is 7.10. The molecule has 0 radical (unpaired) electrons. The van der Waals surface area contributed by atoms with Gasteiger partial charge in [-0.15, -0.1) is 11.3 Å². The summed E-state index contributed by atoms with van der Waals surface area (Å²) < 4.78 is 0. The summed E-state index contributed by atoms with van der Waals surface area (Å²) in [6, 6.07) is 13.4. The molecule has 1 saturated heterocycles. The molecular weight excluding hydrogens is 322 g/mol. The minimum Gasteiger partial charge on any atom is -0.353 e. The number of amides is 3. The van der Waals surface area contributed by atoms with Crippen molar-refractivity contribution < 1.29 is 9.59 Å². The van der Waals surface area contributed by atoms with Crippen LogP contribution in [0.2, 0.25) is 0 Å². The molecule has 0 aliphatic carbocycles. The van der Waals surface area contributed by atoms with Gasteiger partial charge >= 0.3 is 6.03 Å². The van der Waals surface area contributed by atoms with Crippen LogP contribution in [0.25, 0.3) is 0 Å². The van der Waals surface area contributed by atoms with Crippen LogP contribution in [-0.4, -0.2) is 36.0 Å². The summed E-state index contributed by atoms with van der Waals surface area (Å²) in [5.74, 6) is 0.0598. The maximum atomic E-state index is 12.2. The molecule has 1 aromatic carbocycles. The zero-order chi connectivity index (χ0) is 16.8. The first kappa shape index (κ1) is 16.5. The van der Waals surface area contributed by atoms with Gasteiger partial charge in [0.25, 0.3) is 0 Å². The molecule has 0 bridgehead atoms. The second kappa shape index (κ2) is 7.97. The fourth-order valence-electron chi connectivity index (χ4n) is 2.80. The molecule has 3 amide bonds. The Morgan fingerprint density at radius 3 is 2.50 bits per heavy atom. The molecule has 1 fully saturated rings. The Bertz CT molecular complexity index is 665. The van der Waals surface area contributed by atoms with Crippen molar-refractivity contribution in [2.24, 2.45) is 0 Å². The molecule has 1 aliphatic rings. The van der Waals surface area contributed by atoms with Crippen molar-refractivity contribution in [1.29, 1.82) is 0 Å². The average Bonchev–Trinajstić information content (AvgIpc) is 3.09. The van der Waals surface area contributed by atoms with E-state index in [1.165, 1.54) is 0 Å². The summed E-state index contributed by atoms with van der Waals surface area (Å²) >= 11 is 1.60. The minimum absolute atomic E-state index is 0.0598. The number of nitrogens with one attached hydrogen (secondary N) is 2. The number of benzene rings is 1. The van der Waals surface area contributed by atoms with E-state index in [4.69, 9.17) is 0 Å². The number of hydrogen-bond donors (Lipinski definition) is 2. The first-order valence-electron chi connectivity index (χ1n) is 8.13. The molecule has 126 valence electrons. The summed E-state index contributed by atoms with van der Waals surface area (Å²) in [5.41, 5.74) is 0.800. The second-order valence-electron chi connectivity index (χ2n) is 5.88. The molecule has 0 saturated carbocycles. The van der Waals surface area contributed by atoms with Crippen molar-refractivity contribution in [2.75, 3.05) is 18.4 Å². The monoisotopic (exact) mass is 343 g/mol. The highest BCUT2D eigenvalue weighted by Crippen LogP contribution is 2.14. The van der Waals surface area contributed by atoms with E-state index in [1.54, 1.807) is 16.2 Å². The largest absolute Gasteiger partial charge is 0.353 e. The molecule has 0 atom stereocenters. The van der Waals surface area contributed by atoms with Gasteiger partial charge in [-0.3, -0.25) is 4.79 Å². The van der Waals surface area contributed by atoms with E-state index in [-0.39, 0.29) is 18.0 Å². The first-order valence-corrected chi connectivity index (χ1v) is 9.01. The van der Waals surface area contributed by atoms with Gasteiger partial charge in [0, 0.05) is 29.7 Å². The van der Waals surface area contributed by atoms with E-state index in [9.17, 15) is 9.59 Å². The topological polar surface area (TPSA) is 61.4 Å². The Morgan fingerprint density at radius 2 is 1.83 bits per heavy atom. The van der Waals surface area contributed by atoms with Crippen LogP contribution >= 0.6 is 11.3 Å². The van der Waals surface area contributed by atoms with Gasteiger partial charge in [-0.1, -0.05) is 24.3 Å². The number of carbonyl (C=O) groups is 2. The van der Waals surface area contributed by atoms with Gasteiger partial charge in [0.1, 0.15) is 0 Å². The van der Waals surface area contributed by atoms with E-state index in [0.29, 0.717) is 19.5 Å². The number of likely N-dealkylation sites (tertiary alicyclic amines) is 1. The molecular formula is C18H21N3O2S. The third-order valence-electron chi connectivity index (χ3n) is 4.09. The van der Waals surface area contributed by atoms with Crippen molar-refractivity contribution in [3.05, 3.63) is 52.7 Å². The number of anilines is 1. The molecule has 1 aliphatic heterocycles. The Kier molecular flexibility index (Phi) is 5.48. The van der Waals surface area contributed by atoms with E-state index in [2.05, 4.69) is 10.6 Å². The minimum atomic E-state index is -0.0791. The summed E-state index contributed by atoms with van der Waals surface area (Å²) in [6.07, 6.45) is 2.02. The predicted octanol–water partition coefficient (Wildman–Crippen LogP) is 3.10. The van der Waals surface area contributed by atoms with Gasteiger partial charge in [0.2, 0.25) is 5.91 Å². The summed E-state index contributed by atoms with van der Waals surface area (Å²) in [4.78, 5) is 27.2. The molecule has 1 aromatic heterocycles. The third-order valence-corrected chi connectivity index (χ3v) is 4.96. The van der Waals surface area contributed by atoms with Crippen molar-refractivity contribution in [3.63, 3.8) is 0 Å². The van der Waals surface area contributed by atoms with Crippen LogP contribution in [0.15, 0.2) is 47.8 Å². The molecule has 2 N–H and O–H groups in total. The maximum absolute atomic E-state index is 12.2. The number of nitrogens with zero attached hydrogens (tertiary/aromatic N) is 1. The number of rotatable bonds is 4. The number of hydrogen-bond acceptors (Lipinski definition) is 3. The lowest BCUT2D eigenvalue weighted by Gasteiger charge is -2.32. The number of urea groups is 1. The zero-order valence-corrected chi connectivity index (χ0v) is 14.2. The molecule has 24 heavy (non-hydrogen) atoms. The molecule has 3 rings (SSSR count). The van der Waals surface area contributed by atoms with Gasteiger partial charge < -0.3 is 15.5 Å². The van der Waals surface area contributed by atoms with Crippen molar-refractivity contribution in [3.8, 4) is 0 Å². The number of thiophene rings is 1. The summed E-state index contributed by atoms with van der Waals surface area (Å²) in [5, 5.41) is 7.95. The van der Waals surface area contributed by atoms with Crippen molar-refractivity contribution in [2.45, 2.75) is 25.3 Å². The van der Waals surface area contributed by atoms with Gasteiger partial charge in [0.05, 0.1) is 6.42 Å². The second-order valence-corrected chi connectivity index (χ2v) is 6.91. The highest BCUT2D eigenvalue weighted by Gasteiger charge is 2.23. The standard InChI is InChI=1S/C18H21N3O2S/c22-17(13-16-7-4-12-24-16)19-15-8-10-21(11-9-15)18(23)20-14-5-2-1-3-6-14/h1-7,12,15H,8-11,13H2,(H,19,22)(H,20,23). The Morgan fingerprint density at radius 1 is 1.08 bits per heavy atom. The smallest absolute Gasteiger partial charge is 0.321 e. The van der Waals surface area contributed by atoms with E-state index in [1.807, 2.05) is 47.8 Å². The fraction of sp³-hybridized carbons (Fsp3) is 0.333.